The van der Waals surface area contributed by atoms with Crippen LogP contribution >= 0.6 is 0 Å². The lowest BCUT2D eigenvalue weighted by molar-refractivity contribution is 0.0654. The van der Waals surface area contributed by atoms with Gasteiger partial charge < -0.3 is 5.32 Å². The minimum absolute atomic E-state index is 0.490. The first kappa shape index (κ1) is 10.4. The van der Waals surface area contributed by atoms with Gasteiger partial charge in [0, 0.05) is 25.2 Å². The maximum absolute atomic E-state index is 3.60. The van der Waals surface area contributed by atoms with E-state index < -0.39 is 0 Å². The van der Waals surface area contributed by atoms with Gasteiger partial charge in [-0.05, 0) is 31.2 Å². The molecule has 14 heavy (non-hydrogen) atoms. The summed E-state index contributed by atoms with van der Waals surface area (Å²) in [7, 11) is 0. The van der Waals surface area contributed by atoms with Gasteiger partial charge in [-0.3, -0.25) is 4.90 Å². The van der Waals surface area contributed by atoms with Crippen LogP contribution in [0.4, 0.5) is 0 Å². The Morgan fingerprint density at radius 2 is 2.07 bits per heavy atom. The minimum Gasteiger partial charge on any atom is -0.311 e. The Bertz CT molecular complexity index is 187. The van der Waals surface area contributed by atoms with E-state index in [4.69, 9.17) is 0 Å². The maximum atomic E-state index is 3.60. The molecule has 0 aromatic heterocycles. The third kappa shape index (κ3) is 2.48. The van der Waals surface area contributed by atoms with Crippen LogP contribution in [0.15, 0.2) is 0 Å². The number of nitrogens with zero attached hydrogens (tertiary/aromatic N) is 1. The molecule has 0 aliphatic carbocycles. The van der Waals surface area contributed by atoms with Crippen LogP contribution in [-0.2, 0) is 0 Å². The first-order valence-corrected chi connectivity index (χ1v) is 6.02. The largest absolute Gasteiger partial charge is 0.311 e. The van der Waals surface area contributed by atoms with Crippen LogP contribution in [0.2, 0.25) is 0 Å². The van der Waals surface area contributed by atoms with E-state index in [0.717, 1.165) is 12.1 Å². The van der Waals surface area contributed by atoms with Gasteiger partial charge >= 0.3 is 0 Å². The molecule has 0 spiro atoms. The molecule has 3 fully saturated rings. The number of fused-ring (bicyclic) bond motifs is 3. The van der Waals surface area contributed by atoms with Crippen molar-refractivity contribution in [1.29, 1.82) is 0 Å². The number of nitrogens with one attached hydrogen (secondary N) is 1. The van der Waals surface area contributed by atoms with E-state index >= 15 is 0 Å². The molecule has 0 aromatic carbocycles. The standard InChI is InChI=1S/C12H24N2/c1-12(2,3)6-7-14-9-10-4-5-11(14)8-13-10/h10-11,13H,4-9H2,1-3H3. The molecule has 2 bridgehead atoms. The summed E-state index contributed by atoms with van der Waals surface area (Å²) in [5.41, 5.74) is 0.490. The van der Waals surface area contributed by atoms with Crippen LogP contribution in [0.3, 0.4) is 0 Å². The van der Waals surface area contributed by atoms with E-state index in [0.29, 0.717) is 5.41 Å². The second-order valence-electron chi connectivity index (χ2n) is 6.14. The van der Waals surface area contributed by atoms with E-state index in [1.807, 2.05) is 0 Å². The second-order valence-corrected chi connectivity index (χ2v) is 6.14. The van der Waals surface area contributed by atoms with Gasteiger partial charge in [-0.15, -0.1) is 0 Å². The van der Waals surface area contributed by atoms with E-state index in [1.54, 1.807) is 0 Å². The molecule has 0 saturated carbocycles. The first-order valence-electron chi connectivity index (χ1n) is 6.02. The first-order chi connectivity index (χ1) is 6.54. The summed E-state index contributed by atoms with van der Waals surface area (Å²) < 4.78 is 0. The number of hydrogen-bond donors (Lipinski definition) is 1. The van der Waals surface area contributed by atoms with Crippen LogP contribution in [-0.4, -0.2) is 36.6 Å². The Labute approximate surface area is 88.1 Å². The Morgan fingerprint density at radius 3 is 2.50 bits per heavy atom. The van der Waals surface area contributed by atoms with Crippen molar-refractivity contribution in [2.24, 2.45) is 5.41 Å². The molecule has 0 amide bonds. The van der Waals surface area contributed by atoms with Crippen molar-refractivity contribution in [2.75, 3.05) is 19.6 Å². The summed E-state index contributed by atoms with van der Waals surface area (Å²) in [6.07, 6.45) is 4.15. The average Bonchev–Trinajstić information content (AvgIpc) is 2.16. The van der Waals surface area contributed by atoms with Gasteiger partial charge in [-0.25, -0.2) is 0 Å². The van der Waals surface area contributed by atoms with Crippen LogP contribution < -0.4 is 5.32 Å². The molecule has 1 N–H and O–H groups in total. The molecule has 2 atom stereocenters. The van der Waals surface area contributed by atoms with Gasteiger partial charge in [0.25, 0.3) is 0 Å². The molecule has 3 heterocycles. The van der Waals surface area contributed by atoms with Crippen LogP contribution in [0.1, 0.15) is 40.0 Å². The van der Waals surface area contributed by atoms with Crippen LogP contribution in [0.5, 0.6) is 0 Å². The highest BCUT2D eigenvalue weighted by atomic mass is 15.2. The average molecular weight is 196 g/mol. The Kier molecular flexibility index (Phi) is 2.85. The summed E-state index contributed by atoms with van der Waals surface area (Å²) in [4.78, 5) is 2.70. The maximum Gasteiger partial charge on any atom is 0.0221 e. The summed E-state index contributed by atoms with van der Waals surface area (Å²) in [5.74, 6) is 0. The number of piperazine rings is 1. The van der Waals surface area contributed by atoms with Crippen molar-refractivity contribution in [2.45, 2.75) is 52.1 Å². The highest BCUT2D eigenvalue weighted by Gasteiger charge is 2.33. The van der Waals surface area contributed by atoms with Crippen LogP contribution in [0.25, 0.3) is 0 Å². The fraction of sp³-hybridized carbons (Fsp3) is 1.00. The molecular formula is C12H24N2. The molecule has 82 valence electrons. The molecule has 2 heteroatoms. The van der Waals surface area contributed by atoms with Crippen molar-refractivity contribution in [3.63, 3.8) is 0 Å². The predicted molar refractivity (Wildman–Crippen MR) is 60.5 cm³/mol. The summed E-state index contributed by atoms with van der Waals surface area (Å²) in [5, 5.41) is 3.60. The monoisotopic (exact) mass is 196 g/mol. The zero-order valence-corrected chi connectivity index (χ0v) is 9.84. The van der Waals surface area contributed by atoms with Crippen LogP contribution in [0, 0.1) is 5.41 Å². The van der Waals surface area contributed by atoms with E-state index in [-0.39, 0.29) is 0 Å². The van der Waals surface area contributed by atoms with Gasteiger partial charge in [0.15, 0.2) is 0 Å². The van der Waals surface area contributed by atoms with Gasteiger partial charge in [0.2, 0.25) is 0 Å². The highest BCUT2D eigenvalue weighted by molar-refractivity contribution is 4.92. The fourth-order valence-electron chi connectivity index (χ4n) is 2.55. The van der Waals surface area contributed by atoms with Crippen molar-refractivity contribution in [3.05, 3.63) is 0 Å². The second kappa shape index (κ2) is 3.82. The summed E-state index contributed by atoms with van der Waals surface area (Å²) in [6, 6.07) is 1.63. The highest BCUT2D eigenvalue weighted by Crippen LogP contribution is 2.25. The smallest absolute Gasteiger partial charge is 0.0221 e. The molecule has 3 rings (SSSR count). The van der Waals surface area contributed by atoms with Gasteiger partial charge in [-0.2, -0.15) is 0 Å². The normalized spacial score (nSPS) is 33.6. The quantitative estimate of drug-likeness (QED) is 0.725. The van der Waals surface area contributed by atoms with Crippen molar-refractivity contribution in [1.82, 2.24) is 10.2 Å². The predicted octanol–water partition coefficient (Wildman–Crippen LogP) is 1.86. The number of rotatable bonds is 2. The fourth-order valence-corrected chi connectivity index (χ4v) is 2.55. The van der Waals surface area contributed by atoms with Gasteiger partial charge in [-0.1, -0.05) is 20.8 Å². The topological polar surface area (TPSA) is 15.3 Å². The molecule has 0 radical (unpaired) electrons. The SMILES string of the molecule is CC(C)(C)CCN1CC2CCC1CN2. The lowest BCUT2D eigenvalue weighted by atomic mass is 9.89. The van der Waals surface area contributed by atoms with Crippen molar-refractivity contribution >= 4 is 0 Å². The van der Waals surface area contributed by atoms with Crippen molar-refractivity contribution in [3.8, 4) is 0 Å². The van der Waals surface area contributed by atoms with Gasteiger partial charge in [0.05, 0.1) is 0 Å². The zero-order valence-electron chi connectivity index (χ0n) is 9.84. The van der Waals surface area contributed by atoms with E-state index in [2.05, 4.69) is 31.0 Å². The summed E-state index contributed by atoms with van der Waals surface area (Å²) in [6.45, 7) is 10.8. The molecule has 0 aromatic rings. The minimum atomic E-state index is 0.490. The molecular weight excluding hydrogens is 172 g/mol. The third-order valence-electron chi connectivity index (χ3n) is 3.61. The Morgan fingerprint density at radius 1 is 1.29 bits per heavy atom. The number of hydrogen-bond acceptors (Lipinski definition) is 2. The molecule has 3 aliphatic rings. The van der Waals surface area contributed by atoms with Crippen molar-refractivity contribution < 1.29 is 0 Å². The zero-order chi connectivity index (χ0) is 10.2. The molecule has 2 unspecified atom stereocenters. The molecule has 3 aliphatic heterocycles. The summed E-state index contributed by atoms with van der Waals surface area (Å²) >= 11 is 0. The molecule has 3 saturated heterocycles. The third-order valence-corrected chi connectivity index (χ3v) is 3.61. The Hall–Kier alpha value is -0.0800. The van der Waals surface area contributed by atoms with E-state index in [1.165, 1.54) is 38.9 Å². The van der Waals surface area contributed by atoms with E-state index in [9.17, 15) is 0 Å². The lowest BCUT2D eigenvalue weighted by Crippen LogP contribution is -2.61. The molecule has 2 nitrogen and oxygen atoms in total. The lowest BCUT2D eigenvalue weighted by Gasteiger charge is -2.46. The Balaban J connectivity index is 1.81. The number of piperidine rings is 2. The van der Waals surface area contributed by atoms with Gasteiger partial charge in [0.1, 0.15) is 0 Å².